The van der Waals surface area contributed by atoms with Gasteiger partial charge in [0.2, 0.25) is 5.91 Å². The number of allylic oxidation sites excluding steroid dienone is 4. The molecule has 5 unspecified atom stereocenters. The van der Waals surface area contributed by atoms with Crippen molar-refractivity contribution in [3.63, 3.8) is 0 Å². The molecule has 45 heavy (non-hydrogen) atoms. The first-order valence-electron chi connectivity index (χ1n) is 17.0. The summed E-state index contributed by atoms with van der Waals surface area (Å²) in [5, 5.41) is 0. The minimum absolute atomic E-state index is 0.0115. The Morgan fingerprint density at radius 1 is 1.11 bits per heavy atom. The highest BCUT2D eigenvalue weighted by molar-refractivity contribution is 5.94. The molecule has 8 heteroatoms. The Morgan fingerprint density at radius 3 is 2.49 bits per heavy atom. The van der Waals surface area contributed by atoms with Crippen molar-refractivity contribution in [2.45, 2.75) is 90.3 Å². The number of likely N-dealkylation sites (tertiary alicyclic amines) is 1. The highest BCUT2D eigenvalue weighted by Crippen LogP contribution is 2.41. The zero-order valence-electron chi connectivity index (χ0n) is 27.4. The van der Waals surface area contributed by atoms with Gasteiger partial charge in [-0.05, 0) is 95.3 Å². The van der Waals surface area contributed by atoms with Crippen molar-refractivity contribution in [1.82, 2.24) is 9.80 Å². The number of methoxy groups -OCH3 is 1. The molecular formula is C37H50N4O4. The largest absolute Gasteiger partial charge is 0.501 e. The monoisotopic (exact) mass is 614 g/mol. The number of nitrogens with zero attached hydrogens (tertiary/aromatic N) is 3. The molecule has 5 aliphatic rings. The van der Waals surface area contributed by atoms with E-state index in [9.17, 15) is 9.59 Å². The minimum Gasteiger partial charge on any atom is -0.501 e. The number of benzene rings is 1. The molecule has 2 saturated heterocycles. The number of amidine groups is 1. The summed E-state index contributed by atoms with van der Waals surface area (Å²) in [6, 6.07) is 6.27. The predicted molar refractivity (Wildman–Crippen MR) is 177 cm³/mol. The number of rotatable bonds is 7. The smallest absolute Gasteiger partial charge is 0.410 e. The standard InChI is InChI=1S/C37H50N4O4/c1-23-16-24(2)18-31(17-23)35-25(3)41(37(43)45-35)22-32-20-29(11-13-34(39-32)40-14-5-15-40)30-19-28(10-12-33(21-30)44-4)26-6-8-27(9-7-26)36(38)42/h11-13,16-19,25-29,32,35H,5-10,14-15,20-22H2,1-4H3,(H2,38,42). The first-order chi connectivity index (χ1) is 21.7. The normalized spacial score (nSPS) is 32.0. The number of cyclic esters (lactones) is 1. The van der Waals surface area contributed by atoms with Crippen molar-refractivity contribution >= 4 is 17.8 Å². The maximum atomic E-state index is 13.3. The van der Waals surface area contributed by atoms with E-state index in [1.54, 1.807) is 7.11 Å². The molecule has 0 aromatic heterocycles. The van der Waals surface area contributed by atoms with E-state index in [0.29, 0.717) is 18.4 Å². The summed E-state index contributed by atoms with van der Waals surface area (Å²) in [6.07, 6.45) is 16.3. The summed E-state index contributed by atoms with van der Waals surface area (Å²) < 4.78 is 11.9. The first kappa shape index (κ1) is 31.4. The second kappa shape index (κ2) is 13.4. The van der Waals surface area contributed by atoms with Gasteiger partial charge in [0.25, 0.3) is 0 Å². The van der Waals surface area contributed by atoms with Crippen LogP contribution in [0.1, 0.15) is 81.1 Å². The Morgan fingerprint density at radius 2 is 1.84 bits per heavy atom. The van der Waals surface area contributed by atoms with E-state index in [1.807, 2.05) is 4.90 Å². The molecule has 0 radical (unpaired) electrons. The van der Waals surface area contributed by atoms with E-state index in [0.717, 1.165) is 75.2 Å². The molecule has 1 aromatic rings. The highest BCUT2D eigenvalue weighted by Gasteiger charge is 2.41. The van der Waals surface area contributed by atoms with E-state index < -0.39 is 0 Å². The van der Waals surface area contributed by atoms with Crippen molar-refractivity contribution < 1.29 is 19.1 Å². The summed E-state index contributed by atoms with van der Waals surface area (Å²) in [7, 11) is 1.77. The van der Waals surface area contributed by atoms with E-state index in [-0.39, 0.29) is 42.0 Å². The third-order valence-electron chi connectivity index (χ3n) is 10.8. The number of aliphatic imine (C=N–C) groups is 1. The van der Waals surface area contributed by atoms with Gasteiger partial charge < -0.3 is 20.1 Å². The lowest BCUT2D eigenvalue weighted by Gasteiger charge is -2.33. The van der Waals surface area contributed by atoms with Crippen LogP contribution in [0.3, 0.4) is 0 Å². The average Bonchev–Trinajstić information content (AvgIpc) is 3.16. The van der Waals surface area contributed by atoms with Crippen molar-refractivity contribution in [2.24, 2.45) is 34.4 Å². The van der Waals surface area contributed by atoms with E-state index in [4.69, 9.17) is 20.2 Å². The third kappa shape index (κ3) is 7.00. The molecule has 242 valence electrons. The third-order valence-corrected chi connectivity index (χ3v) is 10.8. The second-order valence-corrected chi connectivity index (χ2v) is 14.0. The number of ether oxygens (including phenoxy) is 2. The Hall–Kier alpha value is -3.55. The molecule has 1 saturated carbocycles. The zero-order chi connectivity index (χ0) is 31.7. The average molecular weight is 615 g/mol. The van der Waals surface area contributed by atoms with E-state index >= 15 is 0 Å². The molecule has 2 amide bonds. The van der Waals surface area contributed by atoms with Crippen LogP contribution in [0.15, 0.2) is 58.8 Å². The van der Waals surface area contributed by atoms with E-state index in [2.05, 4.69) is 68.2 Å². The van der Waals surface area contributed by atoms with Crippen LogP contribution in [-0.2, 0) is 14.3 Å². The number of hydrogen-bond donors (Lipinski definition) is 1. The first-order valence-corrected chi connectivity index (χ1v) is 17.0. The van der Waals surface area contributed by atoms with Crippen LogP contribution in [0.5, 0.6) is 0 Å². The van der Waals surface area contributed by atoms with Crippen LogP contribution in [0, 0.1) is 37.5 Å². The Bertz CT molecular complexity index is 1380. The Balaban J connectivity index is 1.23. The van der Waals surface area contributed by atoms with Gasteiger partial charge in [-0.25, -0.2) is 4.79 Å². The lowest BCUT2D eigenvalue weighted by atomic mass is 9.73. The van der Waals surface area contributed by atoms with Crippen LogP contribution < -0.4 is 5.73 Å². The highest BCUT2D eigenvalue weighted by atomic mass is 16.6. The van der Waals surface area contributed by atoms with Gasteiger partial charge >= 0.3 is 6.09 Å². The molecule has 6 rings (SSSR count). The van der Waals surface area contributed by atoms with Crippen molar-refractivity contribution in [3.05, 3.63) is 70.5 Å². The predicted octanol–water partition coefficient (Wildman–Crippen LogP) is 6.39. The summed E-state index contributed by atoms with van der Waals surface area (Å²) in [6.45, 7) is 8.84. The van der Waals surface area contributed by atoms with Gasteiger partial charge in [0.05, 0.1) is 25.0 Å². The van der Waals surface area contributed by atoms with Crippen molar-refractivity contribution in [2.75, 3.05) is 26.7 Å². The van der Waals surface area contributed by atoms with Gasteiger partial charge in [-0.15, -0.1) is 0 Å². The molecule has 2 N–H and O–H groups in total. The fourth-order valence-electron chi connectivity index (χ4n) is 8.09. The molecule has 5 atom stereocenters. The number of carbonyl (C=O) groups is 2. The van der Waals surface area contributed by atoms with Gasteiger partial charge in [0, 0.05) is 37.9 Å². The maximum absolute atomic E-state index is 13.3. The van der Waals surface area contributed by atoms with Crippen molar-refractivity contribution in [1.29, 1.82) is 0 Å². The molecule has 1 aromatic carbocycles. The number of carbonyl (C=O) groups excluding carboxylic acids is 2. The van der Waals surface area contributed by atoms with Gasteiger partial charge in [-0.2, -0.15) is 0 Å². The van der Waals surface area contributed by atoms with Gasteiger partial charge in [-0.1, -0.05) is 47.1 Å². The van der Waals surface area contributed by atoms with Gasteiger partial charge in [0.1, 0.15) is 11.9 Å². The van der Waals surface area contributed by atoms with Crippen molar-refractivity contribution in [3.8, 4) is 0 Å². The summed E-state index contributed by atoms with van der Waals surface area (Å²) in [4.78, 5) is 34.7. The number of nitrogens with two attached hydrogens (primary N) is 1. The number of primary amides is 1. The molecule has 3 aliphatic heterocycles. The van der Waals surface area contributed by atoms with Gasteiger partial charge in [0.15, 0.2) is 0 Å². The Kier molecular flexibility index (Phi) is 9.39. The van der Waals surface area contributed by atoms with Crippen LogP contribution in [0.4, 0.5) is 4.79 Å². The lowest BCUT2D eigenvalue weighted by molar-refractivity contribution is -0.123. The topological polar surface area (TPSA) is 97.5 Å². The molecule has 0 spiro atoms. The second-order valence-electron chi connectivity index (χ2n) is 14.0. The molecule has 3 fully saturated rings. The van der Waals surface area contributed by atoms with Gasteiger partial charge in [-0.3, -0.25) is 14.7 Å². The van der Waals surface area contributed by atoms with Crippen LogP contribution >= 0.6 is 0 Å². The minimum atomic E-state index is -0.293. The van der Waals surface area contributed by atoms with Crippen LogP contribution in [-0.4, -0.2) is 66.5 Å². The van der Waals surface area contributed by atoms with Crippen LogP contribution in [0.2, 0.25) is 0 Å². The molecule has 0 bridgehead atoms. The summed E-state index contributed by atoms with van der Waals surface area (Å²) in [5.74, 6) is 3.01. The number of aryl methyl sites for hydroxylation is 2. The fraction of sp³-hybridized carbons (Fsp3) is 0.595. The number of amides is 2. The summed E-state index contributed by atoms with van der Waals surface area (Å²) in [5.41, 5.74) is 10.4. The molecule has 3 heterocycles. The molecule has 2 aliphatic carbocycles. The SMILES string of the molecule is COC1=CCC(C2CCC(C(N)=O)CC2)C=C(C2C=CC(N3CCC3)=NC(CN3C(=O)OC(c4cc(C)cc(C)c4)C3C)C2)C1. The quantitative estimate of drug-likeness (QED) is 0.359. The van der Waals surface area contributed by atoms with E-state index in [1.165, 1.54) is 23.1 Å². The fourth-order valence-corrected chi connectivity index (χ4v) is 8.09. The maximum Gasteiger partial charge on any atom is 0.410 e. The molecule has 8 nitrogen and oxygen atoms in total. The number of hydrogen-bond acceptors (Lipinski definition) is 6. The molecular weight excluding hydrogens is 564 g/mol. The van der Waals surface area contributed by atoms with Crippen LogP contribution in [0.25, 0.3) is 0 Å². The Labute approximate surface area is 268 Å². The lowest BCUT2D eigenvalue weighted by Crippen LogP contribution is -2.43. The summed E-state index contributed by atoms with van der Waals surface area (Å²) >= 11 is 0. The zero-order valence-corrected chi connectivity index (χ0v) is 27.4.